The van der Waals surface area contributed by atoms with Crippen LogP contribution in [0.25, 0.3) is 0 Å². The van der Waals surface area contributed by atoms with Crippen LogP contribution in [0.4, 0.5) is 0 Å². The molecule has 4 heteroatoms. The van der Waals surface area contributed by atoms with Gasteiger partial charge in [-0.25, -0.2) is 0 Å². The van der Waals surface area contributed by atoms with E-state index in [0.717, 1.165) is 0 Å². The van der Waals surface area contributed by atoms with Crippen LogP contribution in [0.15, 0.2) is 24.3 Å². The highest BCUT2D eigenvalue weighted by atomic mass is 35.5. The van der Waals surface area contributed by atoms with Gasteiger partial charge in [-0.1, -0.05) is 12.1 Å². The van der Waals surface area contributed by atoms with Crippen LogP contribution in [0.2, 0.25) is 0 Å². The van der Waals surface area contributed by atoms with Crippen molar-refractivity contribution < 1.29 is 9.53 Å². The Morgan fingerprint density at radius 3 is 2.53 bits per heavy atom. The molecule has 1 unspecified atom stereocenters. The van der Waals surface area contributed by atoms with Crippen LogP contribution in [0, 0.1) is 0 Å². The molecule has 0 fully saturated rings. The summed E-state index contributed by atoms with van der Waals surface area (Å²) in [6, 6.07) is 7.05. The van der Waals surface area contributed by atoms with E-state index in [0.29, 0.717) is 11.3 Å². The summed E-state index contributed by atoms with van der Waals surface area (Å²) in [6.07, 6.45) is 0. The molecule has 0 aliphatic rings. The molecule has 0 saturated heterocycles. The van der Waals surface area contributed by atoms with Crippen molar-refractivity contribution in [3.8, 4) is 5.75 Å². The zero-order chi connectivity index (χ0) is 10.6. The molecule has 1 N–H and O–H groups in total. The van der Waals surface area contributed by atoms with Crippen molar-refractivity contribution in [2.45, 2.75) is 13.0 Å². The molecule has 15 heavy (non-hydrogen) atoms. The van der Waals surface area contributed by atoms with Gasteiger partial charge in [-0.05, 0) is 26.1 Å². The summed E-state index contributed by atoms with van der Waals surface area (Å²) in [5.74, 6) is 0.671. The molecule has 84 valence electrons. The second-order valence-corrected chi connectivity index (χ2v) is 3.07. The molecular formula is C11H16ClNO2. The predicted molar refractivity (Wildman–Crippen MR) is 63.1 cm³/mol. The lowest BCUT2D eigenvalue weighted by Gasteiger charge is -2.11. The minimum Gasteiger partial charge on any atom is -0.496 e. The third kappa shape index (κ3) is 3.22. The van der Waals surface area contributed by atoms with E-state index in [1.165, 1.54) is 0 Å². The Kier molecular flexibility index (Phi) is 5.97. The summed E-state index contributed by atoms with van der Waals surface area (Å²) in [6.45, 7) is 1.83. The average molecular weight is 230 g/mol. The Morgan fingerprint density at radius 1 is 1.40 bits per heavy atom. The minimum absolute atomic E-state index is 0. The topological polar surface area (TPSA) is 38.3 Å². The second-order valence-electron chi connectivity index (χ2n) is 3.07. The highest BCUT2D eigenvalue weighted by Gasteiger charge is 2.16. The Hall–Kier alpha value is -1.06. The molecule has 1 aromatic carbocycles. The van der Waals surface area contributed by atoms with Crippen molar-refractivity contribution >= 4 is 18.2 Å². The van der Waals surface area contributed by atoms with E-state index in [1.54, 1.807) is 26.3 Å². The van der Waals surface area contributed by atoms with Crippen molar-refractivity contribution in [3.63, 3.8) is 0 Å². The molecule has 0 amide bonds. The first kappa shape index (κ1) is 13.9. The standard InChI is InChI=1S/C11H15NO2.ClH/c1-8(12-2)11(13)9-6-4-5-7-10(9)14-3;/h4-8,12H,1-3H3;1H. The third-order valence-electron chi connectivity index (χ3n) is 2.20. The SMILES string of the molecule is CNC(C)C(=O)c1ccccc1OC.Cl. The molecule has 0 aliphatic heterocycles. The summed E-state index contributed by atoms with van der Waals surface area (Å²) in [7, 11) is 3.33. The summed E-state index contributed by atoms with van der Waals surface area (Å²) in [4.78, 5) is 11.8. The molecule has 0 aromatic heterocycles. The lowest BCUT2D eigenvalue weighted by atomic mass is 10.0. The van der Waals surface area contributed by atoms with Crippen LogP contribution < -0.4 is 10.1 Å². The monoisotopic (exact) mass is 229 g/mol. The number of nitrogens with one attached hydrogen (secondary N) is 1. The number of methoxy groups -OCH3 is 1. The Bertz CT molecular complexity index is 328. The number of para-hydroxylation sites is 1. The first-order valence-electron chi connectivity index (χ1n) is 4.55. The summed E-state index contributed by atoms with van der Waals surface area (Å²) in [5, 5.41) is 2.91. The molecule has 0 radical (unpaired) electrons. The number of hydrogen-bond acceptors (Lipinski definition) is 3. The van der Waals surface area contributed by atoms with Gasteiger partial charge in [0, 0.05) is 0 Å². The van der Waals surface area contributed by atoms with E-state index in [2.05, 4.69) is 5.32 Å². The molecule has 0 aliphatic carbocycles. The molecule has 1 atom stereocenters. The van der Waals surface area contributed by atoms with Crippen LogP contribution in [0.5, 0.6) is 5.75 Å². The van der Waals surface area contributed by atoms with Crippen molar-refractivity contribution in [1.29, 1.82) is 0 Å². The third-order valence-corrected chi connectivity index (χ3v) is 2.20. The number of halogens is 1. The Balaban J connectivity index is 0.00000196. The van der Waals surface area contributed by atoms with Gasteiger partial charge in [-0.2, -0.15) is 0 Å². The van der Waals surface area contributed by atoms with Crippen LogP contribution in [0.3, 0.4) is 0 Å². The first-order valence-corrected chi connectivity index (χ1v) is 4.55. The first-order chi connectivity index (χ1) is 6.70. The van der Waals surface area contributed by atoms with Crippen LogP contribution in [0.1, 0.15) is 17.3 Å². The van der Waals surface area contributed by atoms with Crippen molar-refractivity contribution in [2.24, 2.45) is 0 Å². The summed E-state index contributed by atoms with van der Waals surface area (Å²) >= 11 is 0. The number of rotatable bonds is 4. The largest absolute Gasteiger partial charge is 0.496 e. The van der Waals surface area contributed by atoms with E-state index in [9.17, 15) is 4.79 Å². The van der Waals surface area contributed by atoms with Gasteiger partial charge in [-0.3, -0.25) is 4.79 Å². The van der Waals surface area contributed by atoms with E-state index >= 15 is 0 Å². The van der Waals surface area contributed by atoms with Gasteiger partial charge in [0.1, 0.15) is 5.75 Å². The summed E-state index contributed by atoms with van der Waals surface area (Å²) < 4.78 is 5.11. The molecule has 0 spiro atoms. The number of carbonyl (C=O) groups excluding carboxylic acids is 1. The zero-order valence-corrected chi connectivity index (χ0v) is 9.93. The fourth-order valence-corrected chi connectivity index (χ4v) is 1.21. The zero-order valence-electron chi connectivity index (χ0n) is 9.11. The van der Waals surface area contributed by atoms with Gasteiger partial charge < -0.3 is 10.1 Å². The van der Waals surface area contributed by atoms with Gasteiger partial charge in [0.15, 0.2) is 5.78 Å². The van der Waals surface area contributed by atoms with Gasteiger partial charge in [0.2, 0.25) is 0 Å². The predicted octanol–water partition coefficient (Wildman–Crippen LogP) is 1.91. The molecule has 1 aromatic rings. The van der Waals surface area contributed by atoms with Crippen molar-refractivity contribution in [3.05, 3.63) is 29.8 Å². The van der Waals surface area contributed by atoms with Crippen LogP contribution in [-0.2, 0) is 0 Å². The summed E-state index contributed by atoms with van der Waals surface area (Å²) in [5.41, 5.74) is 0.622. The van der Waals surface area contributed by atoms with Crippen molar-refractivity contribution in [1.82, 2.24) is 5.32 Å². The number of carbonyl (C=O) groups is 1. The van der Waals surface area contributed by atoms with Crippen molar-refractivity contribution in [2.75, 3.05) is 14.2 Å². The molecule has 3 nitrogen and oxygen atoms in total. The fraction of sp³-hybridized carbons (Fsp3) is 0.364. The maximum atomic E-state index is 11.8. The quantitative estimate of drug-likeness (QED) is 0.802. The lowest BCUT2D eigenvalue weighted by Crippen LogP contribution is -2.30. The van der Waals surface area contributed by atoms with Gasteiger partial charge in [0.25, 0.3) is 0 Å². The number of benzene rings is 1. The van der Waals surface area contributed by atoms with E-state index in [4.69, 9.17) is 4.74 Å². The highest BCUT2D eigenvalue weighted by Crippen LogP contribution is 2.18. The van der Waals surface area contributed by atoms with E-state index in [1.807, 2.05) is 19.1 Å². The molecular weight excluding hydrogens is 214 g/mol. The molecule has 0 saturated carbocycles. The number of hydrogen-bond donors (Lipinski definition) is 1. The number of likely N-dealkylation sites (N-methyl/N-ethyl adjacent to an activating group) is 1. The maximum Gasteiger partial charge on any atom is 0.183 e. The Labute approximate surface area is 96.2 Å². The number of Topliss-reactive ketones (excluding diaryl/α,β-unsaturated/α-hetero) is 1. The lowest BCUT2D eigenvalue weighted by molar-refractivity contribution is 0.0952. The molecule has 0 heterocycles. The van der Waals surface area contributed by atoms with E-state index < -0.39 is 0 Å². The van der Waals surface area contributed by atoms with Crippen LogP contribution in [-0.4, -0.2) is 26.0 Å². The van der Waals surface area contributed by atoms with Gasteiger partial charge >= 0.3 is 0 Å². The van der Waals surface area contributed by atoms with Crippen LogP contribution >= 0.6 is 12.4 Å². The maximum absolute atomic E-state index is 11.8. The van der Waals surface area contributed by atoms with E-state index in [-0.39, 0.29) is 24.2 Å². The molecule has 0 bridgehead atoms. The normalized spacial score (nSPS) is 11.4. The minimum atomic E-state index is -0.189. The smallest absolute Gasteiger partial charge is 0.183 e. The molecule has 1 rings (SSSR count). The van der Waals surface area contributed by atoms with Gasteiger partial charge in [-0.15, -0.1) is 12.4 Å². The van der Waals surface area contributed by atoms with Gasteiger partial charge in [0.05, 0.1) is 18.7 Å². The Morgan fingerprint density at radius 2 is 2.00 bits per heavy atom. The number of ether oxygens (including phenoxy) is 1. The fourth-order valence-electron chi connectivity index (χ4n) is 1.21. The highest BCUT2D eigenvalue weighted by molar-refractivity contribution is 6.02. The number of ketones is 1. The second kappa shape index (κ2) is 6.43. The average Bonchev–Trinajstić information content (AvgIpc) is 2.26.